The van der Waals surface area contributed by atoms with Gasteiger partial charge in [0.05, 0.1) is 0 Å². The Balaban J connectivity index is 2.20. The average Bonchev–Trinajstić information content (AvgIpc) is 2.29. The van der Waals surface area contributed by atoms with Crippen LogP contribution in [0.15, 0.2) is 42.6 Å². The highest BCUT2D eigenvalue weighted by atomic mass is 35.5. The van der Waals surface area contributed by atoms with E-state index in [9.17, 15) is 0 Å². The summed E-state index contributed by atoms with van der Waals surface area (Å²) in [6.07, 6.45) is 6.50. The molecule has 0 saturated heterocycles. The van der Waals surface area contributed by atoms with Crippen LogP contribution in [0.1, 0.15) is 12.5 Å². The number of likely N-dealkylation sites (N-methyl/N-ethyl adjacent to an activating group) is 1. The first-order valence-corrected chi connectivity index (χ1v) is 5.56. The summed E-state index contributed by atoms with van der Waals surface area (Å²) in [5, 5.41) is 0.791. The summed E-state index contributed by atoms with van der Waals surface area (Å²) >= 11 is 5.96. The lowest BCUT2D eigenvalue weighted by Gasteiger charge is -2.20. The number of nitrogens with zero attached hydrogens (tertiary/aromatic N) is 1. The molecule has 15 heavy (non-hydrogen) atoms. The van der Waals surface area contributed by atoms with Crippen molar-refractivity contribution in [1.29, 1.82) is 0 Å². The van der Waals surface area contributed by atoms with E-state index in [0.29, 0.717) is 0 Å². The third-order valence-corrected chi connectivity index (χ3v) is 2.81. The Morgan fingerprint density at radius 2 is 2.27 bits per heavy atom. The van der Waals surface area contributed by atoms with Crippen molar-refractivity contribution in [2.24, 2.45) is 0 Å². The number of rotatable bonds is 2. The summed E-state index contributed by atoms with van der Waals surface area (Å²) in [4.78, 5) is 2.26. The van der Waals surface area contributed by atoms with E-state index in [2.05, 4.69) is 36.2 Å². The minimum atomic E-state index is 0.791. The smallest absolute Gasteiger partial charge is 0.0412 e. The molecular formula is C13H14ClN. The fourth-order valence-corrected chi connectivity index (χ4v) is 1.84. The molecule has 0 aromatic heterocycles. The molecule has 0 fully saturated rings. The lowest BCUT2D eigenvalue weighted by atomic mass is 10.0. The zero-order valence-electron chi connectivity index (χ0n) is 8.78. The van der Waals surface area contributed by atoms with Crippen LogP contribution < -0.4 is 0 Å². The Hall–Kier alpha value is -1.21. The van der Waals surface area contributed by atoms with Gasteiger partial charge >= 0.3 is 0 Å². The molecule has 0 radical (unpaired) electrons. The minimum absolute atomic E-state index is 0.791. The van der Waals surface area contributed by atoms with Crippen molar-refractivity contribution in [3.8, 4) is 0 Å². The van der Waals surface area contributed by atoms with Crippen LogP contribution in [0.3, 0.4) is 0 Å². The van der Waals surface area contributed by atoms with Gasteiger partial charge in [-0.3, -0.25) is 0 Å². The van der Waals surface area contributed by atoms with Gasteiger partial charge in [0, 0.05) is 18.1 Å². The van der Waals surface area contributed by atoms with Crippen molar-refractivity contribution in [1.82, 2.24) is 4.90 Å². The maximum atomic E-state index is 5.96. The third kappa shape index (κ3) is 2.42. The second-order valence-electron chi connectivity index (χ2n) is 3.57. The van der Waals surface area contributed by atoms with Gasteiger partial charge in [0.2, 0.25) is 0 Å². The van der Waals surface area contributed by atoms with Crippen LogP contribution in [-0.2, 0) is 0 Å². The summed E-state index contributed by atoms with van der Waals surface area (Å²) in [6.45, 7) is 4.19. The Bertz CT molecular complexity index is 407. The SMILES string of the molecule is CCN1C=CC(c2cccc(Cl)c2)=CC1. The number of benzene rings is 1. The van der Waals surface area contributed by atoms with Gasteiger partial charge in [-0.05, 0) is 42.5 Å². The van der Waals surface area contributed by atoms with E-state index in [0.717, 1.165) is 18.1 Å². The summed E-state index contributed by atoms with van der Waals surface area (Å²) in [7, 11) is 0. The topological polar surface area (TPSA) is 3.24 Å². The van der Waals surface area contributed by atoms with Gasteiger partial charge in [-0.25, -0.2) is 0 Å². The summed E-state index contributed by atoms with van der Waals surface area (Å²) in [5.41, 5.74) is 2.44. The number of hydrogen-bond donors (Lipinski definition) is 0. The van der Waals surface area contributed by atoms with Gasteiger partial charge in [-0.15, -0.1) is 0 Å². The molecule has 2 heteroatoms. The number of hydrogen-bond acceptors (Lipinski definition) is 1. The van der Waals surface area contributed by atoms with Crippen molar-refractivity contribution in [2.45, 2.75) is 6.92 Å². The van der Waals surface area contributed by atoms with Gasteiger partial charge in [-0.2, -0.15) is 0 Å². The van der Waals surface area contributed by atoms with Gasteiger partial charge in [-0.1, -0.05) is 29.8 Å². The molecule has 1 aliphatic rings. The van der Waals surface area contributed by atoms with Gasteiger partial charge < -0.3 is 4.90 Å². The fourth-order valence-electron chi connectivity index (χ4n) is 1.65. The van der Waals surface area contributed by atoms with Crippen LogP contribution in [0.2, 0.25) is 5.02 Å². The molecule has 1 heterocycles. The first-order chi connectivity index (χ1) is 7.29. The standard InChI is InChI=1S/C13H14ClN/c1-2-15-8-6-11(7-9-15)12-4-3-5-13(14)10-12/h3-8,10H,2,9H2,1H3. The molecule has 2 rings (SSSR count). The molecule has 1 aromatic carbocycles. The van der Waals surface area contributed by atoms with Crippen LogP contribution in [0, 0.1) is 0 Å². The van der Waals surface area contributed by atoms with Crippen LogP contribution in [0.25, 0.3) is 5.57 Å². The van der Waals surface area contributed by atoms with E-state index in [4.69, 9.17) is 11.6 Å². The second kappa shape index (κ2) is 4.54. The molecule has 78 valence electrons. The molecular weight excluding hydrogens is 206 g/mol. The maximum Gasteiger partial charge on any atom is 0.0412 e. The second-order valence-corrected chi connectivity index (χ2v) is 4.01. The highest BCUT2D eigenvalue weighted by Gasteiger charge is 2.04. The van der Waals surface area contributed by atoms with Gasteiger partial charge in [0.25, 0.3) is 0 Å². The molecule has 0 saturated carbocycles. The van der Waals surface area contributed by atoms with Crippen molar-refractivity contribution >= 4 is 17.2 Å². The van der Waals surface area contributed by atoms with Crippen molar-refractivity contribution < 1.29 is 0 Å². The lowest BCUT2D eigenvalue weighted by Crippen LogP contribution is -2.18. The predicted octanol–water partition coefficient (Wildman–Crippen LogP) is 3.57. The molecule has 1 aromatic rings. The highest BCUT2D eigenvalue weighted by Crippen LogP contribution is 2.22. The number of halogens is 1. The minimum Gasteiger partial charge on any atom is -0.374 e. The average molecular weight is 220 g/mol. The van der Waals surface area contributed by atoms with E-state index >= 15 is 0 Å². The first kappa shape index (κ1) is 10.3. The van der Waals surface area contributed by atoms with E-state index in [1.54, 1.807) is 0 Å². The third-order valence-electron chi connectivity index (χ3n) is 2.57. The molecule has 0 bridgehead atoms. The molecule has 0 spiro atoms. The van der Waals surface area contributed by atoms with Crippen molar-refractivity contribution in [3.63, 3.8) is 0 Å². The Labute approximate surface area is 95.7 Å². The Morgan fingerprint density at radius 3 is 2.87 bits per heavy atom. The summed E-state index contributed by atoms with van der Waals surface area (Å²) in [5.74, 6) is 0. The molecule has 0 N–H and O–H groups in total. The fraction of sp³-hybridized carbons (Fsp3) is 0.231. The van der Waals surface area contributed by atoms with E-state index in [1.807, 2.05) is 18.2 Å². The zero-order valence-corrected chi connectivity index (χ0v) is 9.54. The van der Waals surface area contributed by atoms with Crippen molar-refractivity contribution in [2.75, 3.05) is 13.1 Å². The summed E-state index contributed by atoms with van der Waals surface area (Å²) < 4.78 is 0. The van der Waals surface area contributed by atoms with E-state index in [-0.39, 0.29) is 0 Å². The molecule has 1 aliphatic heterocycles. The van der Waals surface area contributed by atoms with Gasteiger partial charge in [0.15, 0.2) is 0 Å². The zero-order chi connectivity index (χ0) is 10.7. The van der Waals surface area contributed by atoms with Gasteiger partial charge in [0.1, 0.15) is 0 Å². The molecule has 0 aliphatic carbocycles. The van der Waals surface area contributed by atoms with Crippen LogP contribution in [0.4, 0.5) is 0 Å². The summed E-state index contributed by atoms with van der Waals surface area (Å²) in [6, 6.07) is 7.97. The van der Waals surface area contributed by atoms with E-state index in [1.165, 1.54) is 11.1 Å². The van der Waals surface area contributed by atoms with Crippen LogP contribution in [0.5, 0.6) is 0 Å². The lowest BCUT2D eigenvalue weighted by molar-refractivity contribution is 0.437. The predicted molar refractivity (Wildman–Crippen MR) is 65.8 cm³/mol. The first-order valence-electron chi connectivity index (χ1n) is 5.18. The van der Waals surface area contributed by atoms with Crippen molar-refractivity contribution in [3.05, 3.63) is 53.2 Å². The van der Waals surface area contributed by atoms with Crippen LogP contribution in [-0.4, -0.2) is 18.0 Å². The number of allylic oxidation sites excluding steroid dienone is 2. The molecule has 1 nitrogen and oxygen atoms in total. The largest absolute Gasteiger partial charge is 0.374 e. The quantitative estimate of drug-likeness (QED) is 0.735. The molecule has 0 amide bonds. The monoisotopic (exact) mass is 219 g/mol. The molecule has 0 atom stereocenters. The molecule has 0 unspecified atom stereocenters. The Morgan fingerprint density at radius 1 is 1.40 bits per heavy atom. The Kier molecular flexibility index (Phi) is 3.12. The maximum absolute atomic E-state index is 5.96. The highest BCUT2D eigenvalue weighted by molar-refractivity contribution is 6.30. The van der Waals surface area contributed by atoms with Crippen LogP contribution >= 0.6 is 11.6 Å². The van der Waals surface area contributed by atoms with E-state index < -0.39 is 0 Å². The normalized spacial score (nSPS) is 15.3.